The molecule has 2 aromatic heterocycles. The number of piperazine rings is 2. The minimum absolute atomic E-state index is 0.0275. The van der Waals surface area contributed by atoms with Crippen molar-refractivity contribution < 1.29 is 22.8 Å². The Morgan fingerprint density at radius 3 is 2.24 bits per heavy atom. The van der Waals surface area contributed by atoms with E-state index in [2.05, 4.69) is 30.5 Å². The van der Waals surface area contributed by atoms with E-state index in [0.29, 0.717) is 24.3 Å². The van der Waals surface area contributed by atoms with Crippen LogP contribution in [0, 0.1) is 0 Å². The van der Waals surface area contributed by atoms with Gasteiger partial charge in [0.2, 0.25) is 0 Å². The number of nitrogens with one attached hydrogen (secondary N) is 2. The number of amides is 2. The molecule has 3 aromatic rings. The quantitative estimate of drug-likeness (QED) is 0.392. The van der Waals surface area contributed by atoms with Crippen LogP contribution in [0.1, 0.15) is 26.5 Å². The van der Waals surface area contributed by atoms with Gasteiger partial charge in [-0.15, -0.1) is 5.10 Å². The van der Waals surface area contributed by atoms with Gasteiger partial charge in [0.1, 0.15) is 17.1 Å². The van der Waals surface area contributed by atoms with E-state index >= 15 is 0 Å². The van der Waals surface area contributed by atoms with Gasteiger partial charge in [-0.2, -0.15) is 13.2 Å². The van der Waals surface area contributed by atoms with Crippen molar-refractivity contribution in [3.8, 4) is 5.69 Å². The molecule has 0 radical (unpaired) electrons. The van der Waals surface area contributed by atoms with Crippen LogP contribution in [0.3, 0.4) is 0 Å². The number of nitrogen functional groups attached to an aromatic ring is 1. The standard InChI is InChI=1S/C27H32F3N9O2/c28-27(29,30)23-3-1-2-21(33-23)25(40)34-22-18-39(35-24(22)31)20-6-4-19(5-7-20)26(41)38-16-14-37(15-17-38)13-12-36-10-8-32-9-11-36/h1-7,18,32H,8-17H2,(H2,31,35)(H,34,40). The Hall–Kier alpha value is -4.01. The maximum Gasteiger partial charge on any atom is 0.433 e. The van der Waals surface area contributed by atoms with Crippen LogP contribution in [-0.2, 0) is 6.18 Å². The van der Waals surface area contributed by atoms with Crippen LogP contribution in [0.5, 0.6) is 0 Å². The first-order valence-electron chi connectivity index (χ1n) is 13.4. The number of rotatable bonds is 7. The van der Waals surface area contributed by atoms with Gasteiger partial charge in [0.15, 0.2) is 5.82 Å². The van der Waals surface area contributed by atoms with Crippen molar-refractivity contribution in [1.29, 1.82) is 0 Å². The molecule has 2 aliphatic rings. The molecule has 11 nitrogen and oxygen atoms in total. The second kappa shape index (κ2) is 12.2. The molecule has 5 rings (SSSR count). The molecule has 0 saturated carbocycles. The van der Waals surface area contributed by atoms with E-state index in [-0.39, 0.29) is 17.4 Å². The third kappa shape index (κ3) is 7.01. The van der Waals surface area contributed by atoms with E-state index < -0.39 is 23.5 Å². The summed E-state index contributed by atoms with van der Waals surface area (Å²) in [6, 6.07) is 9.90. The van der Waals surface area contributed by atoms with Crippen LogP contribution < -0.4 is 16.4 Å². The fourth-order valence-electron chi connectivity index (χ4n) is 4.85. The van der Waals surface area contributed by atoms with Crippen LogP contribution in [-0.4, -0.2) is 107 Å². The van der Waals surface area contributed by atoms with E-state index in [1.54, 1.807) is 24.3 Å². The van der Waals surface area contributed by atoms with Crippen LogP contribution >= 0.6 is 0 Å². The first kappa shape index (κ1) is 28.5. The van der Waals surface area contributed by atoms with Gasteiger partial charge >= 0.3 is 6.18 Å². The molecule has 1 aromatic carbocycles. The summed E-state index contributed by atoms with van der Waals surface area (Å²) in [6.07, 6.45) is -3.23. The topological polar surface area (TPSA) is 125 Å². The van der Waals surface area contributed by atoms with Gasteiger partial charge in [0.25, 0.3) is 11.8 Å². The van der Waals surface area contributed by atoms with E-state index in [1.807, 2.05) is 4.90 Å². The number of anilines is 2. The Labute approximate surface area is 235 Å². The first-order valence-corrected chi connectivity index (χ1v) is 13.4. The summed E-state index contributed by atoms with van der Waals surface area (Å²) in [5.41, 5.74) is 5.61. The summed E-state index contributed by atoms with van der Waals surface area (Å²) in [5, 5.41) is 10.00. The molecular weight excluding hydrogens is 539 g/mol. The summed E-state index contributed by atoms with van der Waals surface area (Å²) in [4.78, 5) is 35.7. The zero-order valence-electron chi connectivity index (χ0n) is 22.4. The number of nitrogens with two attached hydrogens (primary N) is 1. The fraction of sp³-hybridized carbons (Fsp3) is 0.407. The SMILES string of the molecule is Nc1nn(-c2ccc(C(=O)N3CCN(CCN4CCNCC4)CC3)cc2)cc1NC(=O)c1cccc(C(F)(F)F)n1. The van der Waals surface area contributed by atoms with E-state index in [1.165, 1.54) is 16.9 Å². The maximum absolute atomic E-state index is 13.1. The number of hydrogen-bond donors (Lipinski definition) is 3. The minimum atomic E-state index is -4.67. The highest BCUT2D eigenvalue weighted by Gasteiger charge is 2.33. The lowest BCUT2D eigenvalue weighted by Gasteiger charge is -2.36. The Morgan fingerprint density at radius 1 is 0.927 bits per heavy atom. The van der Waals surface area contributed by atoms with Crippen LogP contribution in [0.2, 0.25) is 0 Å². The predicted molar refractivity (Wildman–Crippen MR) is 147 cm³/mol. The molecule has 0 spiro atoms. The molecule has 218 valence electrons. The van der Waals surface area contributed by atoms with Gasteiger partial charge in [-0.05, 0) is 36.4 Å². The molecule has 2 fully saturated rings. The normalized spacial score (nSPS) is 17.0. The van der Waals surface area contributed by atoms with Gasteiger partial charge in [-0.3, -0.25) is 19.4 Å². The number of pyridine rings is 1. The Kier molecular flexibility index (Phi) is 8.52. The molecular formula is C27H32F3N9O2. The number of aromatic nitrogens is 3. The third-order valence-corrected chi connectivity index (χ3v) is 7.24. The third-order valence-electron chi connectivity index (χ3n) is 7.24. The summed E-state index contributed by atoms with van der Waals surface area (Å²) >= 11 is 0. The molecule has 4 N–H and O–H groups in total. The van der Waals surface area contributed by atoms with E-state index in [0.717, 1.165) is 64.5 Å². The molecule has 0 aliphatic carbocycles. The van der Waals surface area contributed by atoms with E-state index in [9.17, 15) is 22.8 Å². The van der Waals surface area contributed by atoms with Gasteiger partial charge < -0.3 is 21.3 Å². The van der Waals surface area contributed by atoms with Gasteiger partial charge in [-0.1, -0.05) is 6.07 Å². The molecule has 2 amide bonds. The second-order valence-electron chi connectivity index (χ2n) is 10.0. The molecule has 0 atom stereocenters. The Balaban J connectivity index is 1.16. The van der Waals surface area contributed by atoms with Gasteiger partial charge in [-0.25, -0.2) is 9.67 Å². The average Bonchev–Trinajstić information content (AvgIpc) is 3.36. The summed E-state index contributed by atoms with van der Waals surface area (Å²) in [6.45, 7) is 9.29. The number of carbonyl (C=O) groups excluding carboxylic acids is 2. The van der Waals surface area contributed by atoms with Crippen molar-refractivity contribution in [3.05, 3.63) is 65.6 Å². The molecule has 2 saturated heterocycles. The fourth-order valence-corrected chi connectivity index (χ4v) is 4.85. The second-order valence-corrected chi connectivity index (χ2v) is 10.0. The van der Waals surface area contributed by atoms with Gasteiger partial charge in [0.05, 0.1) is 11.9 Å². The maximum atomic E-state index is 13.1. The first-order chi connectivity index (χ1) is 19.7. The lowest BCUT2D eigenvalue weighted by atomic mass is 10.1. The smallest absolute Gasteiger partial charge is 0.380 e. The zero-order valence-corrected chi connectivity index (χ0v) is 22.4. The minimum Gasteiger partial charge on any atom is -0.380 e. The van der Waals surface area contributed by atoms with Crippen molar-refractivity contribution in [2.24, 2.45) is 0 Å². The largest absolute Gasteiger partial charge is 0.433 e. The predicted octanol–water partition coefficient (Wildman–Crippen LogP) is 1.78. The lowest BCUT2D eigenvalue weighted by Crippen LogP contribution is -2.51. The monoisotopic (exact) mass is 571 g/mol. The number of halogens is 3. The number of nitrogens with zero attached hydrogens (tertiary/aromatic N) is 6. The molecule has 0 bridgehead atoms. The summed E-state index contributed by atoms with van der Waals surface area (Å²) in [7, 11) is 0. The summed E-state index contributed by atoms with van der Waals surface area (Å²) in [5.74, 6) is -0.924. The Morgan fingerprint density at radius 2 is 1.59 bits per heavy atom. The number of benzene rings is 1. The number of hydrogen-bond acceptors (Lipinski definition) is 8. The van der Waals surface area contributed by atoms with Crippen LogP contribution in [0.25, 0.3) is 5.69 Å². The molecule has 0 unspecified atom stereocenters. The zero-order chi connectivity index (χ0) is 29.0. The Bertz CT molecular complexity index is 1360. The lowest BCUT2D eigenvalue weighted by molar-refractivity contribution is -0.141. The molecule has 4 heterocycles. The van der Waals surface area contributed by atoms with Crippen molar-refractivity contribution >= 4 is 23.3 Å². The highest BCUT2D eigenvalue weighted by atomic mass is 19.4. The molecule has 14 heteroatoms. The van der Waals surface area contributed by atoms with Crippen molar-refractivity contribution in [3.63, 3.8) is 0 Å². The summed E-state index contributed by atoms with van der Waals surface area (Å²) < 4.78 is 40.2. The van der Waals surface area contributed by atoms with Crippen molar-refractivity contribution in [2.75, 3.05) is 76.5 Å². The molecule has 2 aliphatic heterocycles. The van der Waals surface area contributed by atoms with Crippen LogP contribution in [0.15, 0.2) is 48.7 Å². The van der Waals surface area contributed by atoms with Gasteiger partial charge in [0, 0.05) is 71.0 Å². The van der Waals surface area contributed by atoms with Crippen molar-refractivity contribution in [2.45, 2.75) is 6.18 Å². The highest BCUT2D eigenvalue weighted by Crippen LogP contribution is 2.28. The average molecular weight is 572 g/mol. The highest BCUT2D eigenvalue weighted by molar-refractivity contribution is 6.04. The van der Waals surface area contributed by atoms with E-state index in [4.69, 9.17) is 5.73 Å². The van der Waals surface area contributed by atoms with Crippen molar-refractivity contribution in [1.82, 2.24) is 34.8 Å². The van der Waals surface area contributed by atoms with Crippen LogP contribution in [0.4, 0.5) is 24.7 Å². The molecule has 41 heavy (non-hydrogen) atoms. The number of carbonyl (C=O) groups is 2. The number of alkyl halides is 3.